The molecule has 0 heterocycles. The lowest BCUT2D eigenvalue weighted by Gasteiger charge is -2.23. The third-order valence-electron chi connectivity index (χ3n) is 2.76. The van der Waals surface area contributed by atoms with Crippen LogP contribution in [0.25, 0.3) is 0 Å². The zero-order valence-electron chi connectivity index (χ0n) is 14.1. The van der Waals surface area contributed by atoms with Gasteiger partial charge in [-0.1, -0.05) is 6.58 Å². The van der Waals surface area contributed by atoms with Crippen molar-refractivity contribution in [2.24, 2.45) is 0 Å². The van der Waals surface area contributed by atoms with Gasteiger partial charge in [-0.15, -0.1) is 0 Å². The van der Waals surface area contributed by atoms with Gasteiger partial charge in [0.2, 0.25) is 17.7 Å². The minimum Gasteiger partial charge on any atom is -0.354 e. The van der Waals surface area contributed by atoms with Crippen molar-refractivity contribution in [3.05, 3.63) is 12.2 Å². The van der Waals surface area contributed by atoms with E-state index in [4.69, 9.17) is 19.6 Å². The Bertz CT molecular complexity index is 598. The van der Waals surface area contributed by atoms with E-state index in [1.165, 1.54) is 11.8 Å². The summed E-state index contributed by atoms with van der Waals surface area (Å²) < 4.78 is 21.4. The second kappa shape index (κ2) is 10.6. The van der Waals surface area contributed by atoms with E-state index in [9.17, 15) is 23.5 Å². The molecule has 0 aliphatic rings. The predicted molar refractivity (Wildman–Crippen MR) is 91.2 cm³/mol. The Balaban J connectivity index is 4.51. The smallest absolute Gasteiger partial charge is 0.334 e. The van der Waals surface area contributed by atoms with Gasteiger partial charge in [-0.25, -0.2) is 0 Å². The highest BCUT2D eigenvalue weighted by atomic mass is 31.2. The summed E-state index contributed by atoms with van der Waals surface area (Å²) in [7, 11) is -8.97. The zero-order valence-corrected chi connectivity index (χ0v) is 15.9. The largest absolute Gasteiger partial charge is 0.354 e. The second-order valence-corrected chi connectivity index (χ2v) is 8.71. The number of hydrogen-bond acceptors (Lipinski definition) is 5. The van der Waals surface area contributed by atoms with Crippen molar-refractivity contribution in [1.29, 1.82) is 0 Å². The average Bonchev–Trinajstić information content (AvgIpc) is 2.40. The highest BCUT2D eigenvalue weighted by Gasteiger charge is 2.21. The van der Waals surface area contributed by atoms with E-state index in [0.29, 0.717) is 0 Å². The van der Waals surface area contributed by atoms with Crippen LogP contribution < -0.4 is 10.6 Å². The van der Waals surface area contributed by atoms with Gasteiger partial charge in [0.25, 0.3) is 0 Å². The fourth-order valence-corrected chi connectivity index (χ4v) is 2.70. The van der Waals surface area contributed by atoms with Crippen LogP contribution in [0.5, 0.6) is 0 Å². The summed E-state index contributed by atoms with van der Waals surface area (Å²) in [4.78, 5) is 70.6. The quantitative estimate of drug-likeness (QED) is 0.163. The standard InChI is InChI=1S/C12H23N3O9P2/c1-9(2)12(18)15(5-3-13-10(16)7-25(19,20)21)6-4-14-11(17)8-26(22,23)24/h1,3-8H2,2H3,(H,13,16)(H,14,17)(H2,19,20,21)(H2,22,23,24). The highest BCUT2D eigenvalue weighted by Crippen LogP contribution is 2.33. The summed E-state index contributed by atoms with van der Waals surface area (Å²) in [6.07, 6.45) is -1.94. The first-order chi connectivity index (χ1) is 11.7. The lowest BCUT2D eigenvalue weighted by atomic mass is 10.3. The van der Waals surface area contributed by atoms with Crippen LogP contribution in [0.1, 0.15) is 6.92 Å². The molecule has 6 N–H and O–H groups in total. The van der Waals surface area contributed by atoms with Crippen molar-refractivity contribution in [3.63, 3.8) is 0 Å². The van der Waals surface area contributed by atoms with Gasteiger partial charge in [0.05, 0.1) is 0 Å². The molecule has 26 heavy (non-hydrogen) atoms. The Morgan fingerprint density at radius 2 is 1.23 bits per heavy atom. The third kappa shape index (κ3) is 12.8. The summed E-state index contributed by atoms with van der Waals surface area (Å²) in [6.45, 7) is 4.72. The number of nitrogens with zero attached hydrogens (tertiary/aromatic N) is 1. The molecule has 0 aromatic rings. The molecule has 0 aliphatic carbocycles. The van der Waals surface area contributed by atoms with E-state index in [1.807, 2.05) is 0 Å². The number of rotatable bonds is 11. The van der Waals surface area contributed by atoms with E-state index in [0.717, 1.165) is 0 Å². The minimum absolute atomic E-state index is 0.0209. The molecule has 150 valence electrons. The molecule has 0 bridgehead atoms. The maximum absolute atomic E-state index is 12.0. The molecule has 3 amide bonds. The molecule has 0 aromatic carbocycles. The molecular weight excluding hydrogens is 392 g/mol. The molecule has 0 atom stereocenters. The lowest BCUT2D eigenvalue weighted by Crippen LogP contribution is -2.43. The van der Waals surface area contributed by atoms with Gasteiger partial charge in [0.1, 0.15) is 12.3 Å². The van der Waals surface area contributed by atoms with Crippen LogP contribution in [0.15, 0.2) is 12.2 Å². The monoisotopic (exact) mass is 415 g/mol. The topological polar surface area (TPSA) is 194 Å². The molecule has 0 saturated carbocycles. The van der Waals surface area contributed by atoms with E-state index in [2.05, 4.69) is 17.2 Å². The van der Waals surface area contributed by atoms with E-state index >= 15 is 0 Å². The Morgan fingerprint density at radius 1 is 0.885 bits per heavy atom. The first-order valence-corrected chi connectivity index (χ1v) is 10.9. The molecule has 0 spiro atoms. The molecule has 0 fully saturated rings. The van der Waals surface area contributed by atoms with Crippen LogP contribution in [0.2, 0.25) is 0 Å². The van der Waals surface area contributed by atoms with Crippen LogP contribution >= 0.6 is 15.2 Å². The summed E-state index contributed by atoms with van der Waals surface area (Å²) in [5, 5.41) is 4.50. The molecule has 0 aliphatic heterocycles. The van der Waals surface area contributed by atoms with Gasteiger partial charge in [-0.2, -0.15) is 0 Å². The van der Waals surface area contributed by atoms with Crippen LogP contribution in [-0.2, 0) is 23.5 Å². The highest BCUT2D eigenvalue weighted by molar-refractivity contribution is 7.53. The Kier molecular flexibility index (Phi) is 9.93. The minimum atomic E-state index is -4.48. The molecule has 0 unspecified atom stereocenters. The Morgan fingerprint density at radius 3 is 1.50 bits per heavy atom. The summed E-state index contributed by atoms with van der Waals surface area (Å²) >= 11 is 0. The first-order valence-electron chi connectivity index (χ1n) is 7.28. The van der Waals surface area contributed by atoms with Gasteiger partial charge >= 0.3 is 15.2 Å². The van der Waals surface area contributed by atoms with Gasteiger partial charge in [-0.3, -0.25) is 23.5 Å². The van der Waals surface area contributed by atoms with Crippen molar-refractivity contribution in [3.8, 4) is 0 Å². The molecule has 14 heteroatoms. The molecule has 0 aromatic heterocycles. The van der Waals surface area contributed by atoms with Gasteiger partial charge < -0.3 is 35.1 Å². The van der Waals surface area contributed by atoms with E-state index in [1.54, 1.807) is 0 Å². The normalized spacial score (nSPS) is 11.6. The fraction of sp³-hybridized carbons (Fsp3) is 0.583. The van der Waals surface area contributed by atoms with Gasteiger partial charge in [0, 0.05) is 31.8 Å². The summed E-state index contributed by atoms with van der Waals surface area (Å²) in [5.41, 5.74) is 0.188. The van der Waals surface area contributed by atoms with Crippen molar-refractivity contribution in [1.82, 2.24) is 15.5 Å². The number of carbonyl (C=O) groups is 3. The number of carbonyl (C=O) groups excluding carboxylic acids is 3. The SMILES string of the molecule is C=C(C)C(=O)N(CCNC(=O)CP(=O)(O)O)CCNC(=O)CP(=O)(O)O. The Labute approximate surface area is 150 Å². The number of amides is 3. The summed E-state index contributed by atoms with van der Waals surface area (Å²) in [6, 6.07) is 0. The second-order valence-electron chi connectivity index (χ2n) is 5.42. The van der Waals surface area contributed by atoms with Gasteiger partial charge in [0.15, 0.2) is 0 Å². The summed E-state index contributed by atoms with van der Waals surface area (Å²) in [5.74, 6) is -2.23. The van der Waals surface area contributed by atoms with Crippen molar-refractivity contribution in [2.75, 3.05) is 38.5 Å². The molecular formula is C12H23N3O9P2. The molecule has 0 saturated heterocycles. The third-order valence-corrected chi connectivity index (χ3v) is 4.16. The van der Waals surface area contributed by atoms with Crippen molar-refractivity contribution in [2.45, 2.75) is 6.92 Å². The predicted octanol–water partition coefficient (Wildman–Crippen LogP) is -2.02. The van der Waals surface area contributed by atoms with E-state index in [-0.39, 0.29) is 31.8 Å². The van der Waals surface area contributed by atoms with Gasteiger partial charge in [-0.05, 0) is 6.92 Å². The molecule has 0 rings (SSSR count). The van der Waals surface area contributed by atoms with Crippen molar-refractivity contribution < 1.29 is 43.1 Å². The maximum Gasteiger partial charge on any atom is 0.334 e. The van der Waals surface area contributed by atoms with Crippen LogP contribution in [0.4, 0.5) is 0 Å². The average molecular weight is 415 g/mol. The van der Waals surface area contributed by atoms with Crippen LogP contribution in [0.3, 0.4) is 0 Å². The number of nitrogens with one attached hydrogen (secondary N) is 2. The fourth-order valence-electron chi connectivity index (χ4n) is 1.73. The Hall–Kier alpha value is -1.55. The van der Waals surface area contributed by atoms with Crippen LogP contribution in [0, 0.1) is 0 Å². The van der Waals surface area contributed by atoms with Crippen LogP contribution in [-0.4, -0.2) is 80.7 Å². The van der Waals surface area contributed by atoms with E-state index < -0.39 is 45.2 Å². The first kappa shape index (κ1) is 24.5. The lowest BCUT2D eigenvalue weighted by molar-refractivity contribution is -0.128. The zero-order chi connectivity index (χ0) is 20.5. The molecule has 0 radical (unpaired) electrons. The van der Waals surface area contributed by atoms with Crippen molar-refractivity contribution >= 4 is 32.9 Å². The molecule has 12 nitrogen and oxygen atoms in total. The maximum atomic E-state index is 12.0. The number of hydrogen-bond donors (Lipinski definition) is 6.